The van der Waals surface area contributed by atoms with Crippen LogP contribution in [0.15, 0.2) is 24.4 Å². The van der Waals surface area contributed by atoms with Gasteiger partial charge >= 0.3 is 6.18 Å². The van der Waals surface area contributed by atoms with Crippen molar-refractivity contribution in [3.63, 3.8) is 0 Å². The van der Waals surface area contributed by atoms with Crippen molar-refractivity contribution in [2.24, 2.45) is 11.3 Å². The highest BCUT2D eigenvalue weighted by Crippen LogP contribution is 2.64. The van der Waals surface area contributed by atoms with E-state index in [-0.39, 0.29) is 47.7 Å². The number of hydrogen-bond donors (Lipinski definition) is 3. The first kappa shape index (κ1) is 28.9. The van der Waals surface area contributed by atoms with Crippen LogP contribution in [-0.2, 0) is 11.0 Å². The van der Waals surface area contributed by atoms with Gasteiger partial charge in [-0.15, -0.1) is 5.10 Å². The molecule has 0 unspecified atom stereocenters. The van der Waals surface area contributed by atoms with E-state index >= 15 is 8.78 Å². The number of nitrogens with zero attached hydrogens (tertiary/aromatic N) is 2. The fourth-order valence-electron chi connectivity index (χ4n) is 6.43. The molecular weight excluding hydrogens is 582 g/mol. The Morgan fingerprint density at radius 3 is 2.45 bits per heavy atom. The molecule has 3 saturated carbocycles. The molecule has 1 heterocycles. The average Bonchev–Trinajstić information content (AvgIpc) is 3.56. The first-order valence-electron chi connectivity index (χ1n) is 12.7. The number of halogens is 7. The summed E-state index contributed by atoms with van der Waals surface area (Å²) in [6.45, 7) is 0. The molecule has 5 rings (SSSR count). The van der Waals surface area contributed by atoms with Crippen molar-refractivity contribution >= 4 is 35.0 Å². The summed E-state index contributed by atoms with van der Waals surface area (Å²) in [6.07, 6.45) is -4.11. The third-order valence-electron chi connectivity index (χ3n) is 8.51. The molecule has 40 heavy (non-hydrogen) atoms. The lowest BCUT2D eigenvalue weighted by molar-refractivity contribution is -0.138. The number of amides is 2. The van der Waals surface area contributed by atoms with Crippen molar-refractivity contribution in [1.82, 2.24) is 20.8 Å². The van der Waals surface area contributed by atoms with E-state index in [2.05, 4.69) is 20.8 Å². The lowest BCUT2D eigenvalue weighted by atomic mass is 9.74. The molecule has 14 heteroatoms. The molecule has 0 saturated heterocycles. The van der Waals surface area contributed by atoms with E-state index in [4.69, 9.17) is 23.2 Å². The van der Waals surface area contributed by atoms with Gasteiger partial charge in [0.05, 0.1) is 40.0 Å². The third kappa shape index (κ3) is 5.37. The number of carbonyl (C=O) groups is 2. The molecule has 2 amide bonds. The van der Waals surface area contributed by atoms with Gasteiger partial charge in [-0.05, 0) is 68.6 Å². The predicted molar refractivity (Wildman–Crippen MR) is 134 cm³/mol. The number of aliphatic hydroxyl groups excluding tert-OH is 1. The van der Waals surface area contributed by atoms with Gasteiger partial charge in [0.25, 0.3) is 5.91 Å². The lowest BCUT2D eigenvalue weighted by Gasteiger charge is -2.38. The predicted octanol–water partition coefficient (Wildman–Crippen LogP) is 5.34. The van der Waals surface area contributed by atoms with Crippen LogP contribution in [0.5, 0.6) is 0 Å². The minimum absolute atomic E-state index is 0.0276. The van der Waals surface area contributed by atoms with E-state index in [1.807, 2.05) is 0 Å². The molecule has 7 nitrogen and oxygen atoms in total. The fraction of sp³-hybridized carbons (Fsp3) is 0.538. The maximum Gasteiger partial charge on any atom is 0.418 e. The second-order valence-corrected chi connectivity index (χ2v) is 11.8. The van der Waals surface area contributed by atoms with Gasteiger partial charge < -0.3 is 15.7 Å². The largest absolute Gasteiger partial charge is 0.418 e. The zero-order valence-corrected chi connectivity index (χ0v) is 22.4. The molecule has 1 aromatic carbocycles. The van der Waals surface area contributed by atoms with Gasteiger partial charge in [-0.25, -0.2) is 8.78 Å². The van der Waals surface area contributed by atoms with E-state index in [1.54, 1.807) is 0 Å². The molecule has 4 atom stereocenters. The van der Waals surface area contributed by atoms with Crippen molar-refractivity contribution in [3.05, 3.63) is 57.1 Å². The second kappa shape index (κ2) is 10.4. The monoisotopic (exact) mass is 606 g/mol. The molecule has 0 radical (unpaired) electrons. The summed E-state index contributed by atoms with van der Waals surface area (Å²) >= 11 is 12.6. The maximum atomic E-state index is 15.2. The van der Waals surface area contributed by atoms with Crippen LogP contribution in [0.1, 0.15) is 72.6 Å². The quantitative estimate of drug-likeness (QED) is 0.304. The summed E-state index contributed by atoms with van der Waals surface area (Å²) in [5.74, 6) is -3.10. The average molecular weight is 607 g/mol. The number of alkyl halides is 4. The molecule has 1 aromatic heterocycles. The first-order valence-corrected chi connectivity index (χ1v) is 13.5. The highest BCUT2D eigenvalue weighted by atomic mass is 35.5. The molecule has 0 aliphatic heterocycles. The number of hydrogen-bond acceptors (Lipinski definition) is 5. The molecule has 3 aliphatic carbocycles. The van der Waals surface area contributed by atoms with Gasteiger partial charge in [0, 0.05) is 11.5 Å². The van der Waals surface area contributed by atoms with Crippen LogP contribution in [0, 0.1) is 17.2 Å². The number of benzene rings is 1. The number of aliphatic hydroxyl groups is 1. The van der Waals surface area contributed by atoms with Crippen LogP contribution in [0.3, 0.4) is 0 Å². The van der Waals surface area contributed by atoms with Crippen molar-refractivity contribution in [2.75, 3.05) is 0 Å². The summed E-state index contributed by atoms with van der Waals surface area (Å²) in [5.41, 5.74) is -3.98. The Hall–Kier alpha value is -2.57. The Kier molecular flexibility index (Phi) is 7.50. The Bertz CT molecular complexity index is 1340. The van der Waals surface area contributed by atoms with Crippen LogP contribution >= 0.6 is 23.2 Å². The maximum absolute atomic E-state index is 15.2. The van der Waals surface area contributed by atoms with E-state index in [9.17, 15) is 27.9 Å². The van der Waals surface area contributed by atoms with Gasteiger partial charge in [0.1, 0.15) is 11.5 Å². The van der Waals surface area contributed by atoms with Crippen LogP contribution in [0.25, 0.3) is 0 Å². The summed E-state index contributed by atoms with van der Waals surface area (Å²) in [4.78, 5) is 26.0. The van der Waals surface area contributed by atoms with Gasteiger partial charge in [0.15, 0.2) is 5.69 Å². The zero-order valence-electron chi connectivity index (χ0n) is 20.9. The Morgan fingerprint density at radius 1 is 1.12 bits per heavy atom. The molecule has 3 fully saturated rings. The van der Waals surface area contributed by atoms with E-state index in [0.29, 0.717) is 25.1 Å². The van der Waals surface area contributed by atoms with E-state index < -0.39 is 70.3 Å². The van der Waals surface area contributed by atoms with Crippen molar-refractivity contribution in [1.29, 1.82) is 0 Å². The van der Waals surface area contributed by atoms with Crippen molar-refractivity contribution in [2.45, 2.75) is 75.0 Å². The zero-order chi connectivity index (χ0) is 29.0. The Labute approximate surface area is 235 Å². The molecular formula is C26H25Cl2F5N4O3. The number of nitrogens with one attached hydrogen (secondary N) is 2. The van der Waals surface area contributed by atoms with Crippen LogP contribution in [-0.4, -0.2) is 44.9 Å². The molecule has 2 bridgehead atoms. The topological polar surface area (TPSA) is 104 Å². The fourth-order valence-corrected chi connectivity index (χ4v) is 6.86. The van der Waals surface area contributed by atoms with Gasteiger partial charge in [-0.2, -0.15) is 18.3 Å². The van der Waals surface area contributed by atoms with Crippen molar-refractivity contribution < 1.29 is 36.6 Å². The second-order valence-electron chi connectivity index (χ2n) is 11.0. The smallest absolute Gasteiger partial charge is 0.391 e. The van der Waals surface area contributed by atoms with E-state index in [1.165, 1.54) is 6.07 Å². The summed E-state index contributed by atoms with van der Waals surface area (Å²) in [6, 6.07) is 0.997. The Balaban J connectivity index is 1.33. The number of fused-ring (bicyclic) bond motifs is 2. The molecule has 0 spiro atoms. The van der Waals surface area contributed by atoms with Crippen molar-refractivity contribution in [3.8, 4) is 0 Å². The summed E-state index contributed by atoms with van der Waals surface area (Å²) in [5, 5.41) is 22.5. The minimum Gasteiger partial charge on any atom is -0.391 e. The van der Waals surface area contributed by atoms with Gasteiger partial charge in [-0.3, -0.25) is 9.59 Å². The normalized spacial score (nSPS) is 30.4. The molecule has 2 aromatic rings. The number of carbonyl (C=O) groups excluding carboxylic acids is 2. The van der Waals surface area contributed by atoms with Crippen LogP contribution in [0.4, 0.5) is 22.0 Å². The SMILES string of the molecule is O=C(N[C@H]1C[C@@H](C(=O)N[C@H](c2c(F)ccc(Cl)c2Cl)C23CCC(F)(CC2)C3)C[C@H]1O)c1cc(C(F)(F)F)cnn1. The molecule has 216 valence electrons. The van der Waals surface area contributed by atoms with Gasteiger partial charge in [-0.1, -0.05) is 23.2 Å². The van der Waals surface area contributed by atoms with Crippen LogP contribution < -0.4 is 10.6 Å². The number of aromatic nitrogens is 2. The molecule has 3 aliphatic rings. The Morgan fingerprint density at radius 2 is 1.82 bits per heavy atom. The van der Waals surface area contributed by atoms with E-state index in [0.717, 1.165) is 6.07 Å². The summed E-state index contributed by atoms with van der Waals surface area (Å²) < 4.78 is 69.3. The highest BCUT2D eigenvalue weighted by Gasteiger charge is 2.59. The lowest BCUT2D eigenvalue weighted by Crippen LogP contribution is -2.42. The summed E-state index contributed by atoms with van der Waals surface area (Å²) in [7, 11) is 0. The standard InChI is InChI=1S/C26H25Cl2F5N4O3/c27-14-1-2-15(29)19(20(14)28)21(24-3-5-25(30,11-24)6-4-24)36-22(39)12-7-16(18(38)8-12)35-23(40)17-9-13(10-34-37-17)26(31,32)33/h1-2,9-10,12,16,18,21,38H,3-8,11H2,(H,35,40)(H,36,39)/t12-,16+,18-,21-,24?,25?/m1/s1. The molecule has 3 N–H and O–H groups in total. The highest BCUT2D eigenvalue weighted by molar-refractivity contribution is 6.42. The first-order chi connectivity index (χ1) is 18.7. The third-order valence-corrected chi connectivity index (χ3v) is 9.33. The minimum atomic E-state index is -4.73. The number of rotatable bonds is 6. The van der Waals surface area contributed by atoms with Crippen LogP contribution in [0.2, 0.25) is 10.0 Å². The van der Waals surface area contributed by atoms with Gasteiger partial charge in [0.2, 0.25) is 5.91 Å².